The highest BCUT2D eigenvalue weighted by Crippen LogP contribution is 2.21. The Balaban J connectivity index is 1.82. The molecule has 29 heavy (non-hydrogen) atoms. The van der Waals surface area contributed by atoms with Gasteiger partial charge in [-0.25, -0.2) is 13.1 Å². The number of hydrogen-bond donors (Lipinski definition) is 2. The summed E-state index contributed by atoms with van der Waals surface area (Å²) in [6, 6.07) is 10.8. The highest BCUT2D eigenvalue weighted by molar-refractivity contribution is 7.89. The number of benzene rings is 2. The average molecular weight is 419 g/mol. The summed E-state index contributed by atoms with van der Waals surface area (Å²) in [5.74, 6) is -1.12. The molecule has 156 valence electrons. The van der Waals surface area contributed by atoms with Crippen LogP contribution in [0.4, 0.5) is 5.69 Å². The number of carbonyl (C=O) groups is 2. The Morgan fingerprint density at radius 2 is 1.59 bits per heavy atom. The SMILES string of the molecule is Cc1cc(C)c(S(=O)(=O)NCCC(=O)OCC(=O)Nc2ccccc2C)c(C)c1. The van der Waals surface area contributed by atoms with E-state index in [2.05, 4.69) is 10.0 Å². The monoisotopic (exact) mass is 418 g/mol. The molecule has 2 aromatic carbocycles. The predicted molar refractivity (Wildman–Crippen MR) is 111 cm³/mol. The molecule has 1 amide bonds. The zero-order valence-corrected chi connectivity index (χ0v) is 17.9. The molecule has 0 aliphatic carbocycles. The number of nitrogens with one attached hydrogen (secondary N) is 2. The molecule has 2 rings (SSSR count). The Bertz CT molecular complexity index is 992. The number of para-hydroxylation sites is 1. The Morgan fingerprint density at radius 3 is 2.21 bits per heavy atom. The van der Waals surface area contributed by atoms with Gasteiger partial charge in [-0.1, -0.05) is 35.9 Å². The third-order valence-electron chi connectivity index (χ3n) is 4.28. The van der Waals surface area contributed by atoms with Crippen LogP contribution in [0.25, 0.3) is 0 Å². The summed E-state index contributed by atoms with van der Waals surface area (Å²) in [6.45, 7) is 6.66. The van der Waals surface area contributed by atoms with Crippen LogP contribution in [0, 0.1) is 27.7 Å². The lowest BCUT2D eigenvalue weighted by Crippen LogP contribution is -2.29. The normalized spacial score (nSPS) is 11.2. The predicted octanol–water partition coefficient (Wildman–Crippen LogP) is 2.77. The van der Waals surface area contributed by atoms with Crippen molar-refractivity contribution in [1.29, 1.82) is 0 Å². The molecule has 0 unspecified atom stereocenters. The number of aryl methyl sites for hydroxylation is 4. The van der Waals surface area contributed by atoms with Crippen LogP contribution in [0.3, 0.4) is 0 Å². The summed E-state index contributed by atoms with van der Waals surface area (Å²) in [5.41, 5.74) is 3.80. The molecular weight excluding hydrogens is 392 g/mol. The molecule has 0 heterocycles. The van der Waals surface area contributed by atoms with Crippen molar-refractivity contribution in [2.24, 2.45) is 0 Å². The number of esters is 1. The molecule has 0 atom stereocenters. The van der Waals surface area contributed by atoms with Gasteiger partial charge in [-0.05, 0) is 50.5 Å². The van der Waals surface area contributed by atoms with Gasteiger partial charge in [-0.15, -0.1) is 0 Å². The number of hydrogen-bond acceptors (Lipinski definition) is 5. The fourth-order valence-corrected chi connectivity index (χ4v) is 4.55. The molecule has 0 radical (unpaired) electrons. The maximum atomic E-state index is 12.5. The minimum Gasteiger partial charge on any atom is -0.456 e. The summed E-state index contributed by atoms with van der Waals surface area (Å²) >= 11 is 0. The fraction of sp³-hybridized carbons (Fsp3) is 0.333. The van der Waals surface area contributed by atoms with Gasteiger partial charge in [0.05, 0.1) is 11.3 Å². The lowest BCUT2D eigenvalue weighted by Gasteiger charge is -2.13. The zero-order valence-electron chi connectivity index (χ0n) is 17.0. The van der Waals surface area contributed by atoms with Gasteiger partial charge in [0, 0.05) is 12.2 Å². The van der Waals surface area contributed by atoms with E-state index >= 15 is 0 Å². The Hall–Kier alpha value is -2.71. The number of ether oxygens (including phenoxy) is 1. The fourth-order valence-electron chi connectivity index (χ4n) is 3.07. The standard InChI is InChI=1S/C21H26N2O5S/c1-14-11-16(3)21(17(4)12-14)29(26,27)22-10-9-20(25)28-13-19(24)23-18-8-6-5-7-15(18)2/h5-8,11-12,22H,9-10,13H2,1-4H3,(H,23,24). The third-order valence-corrected chi connectivity index (χ3v) is 6.04. The van der Waals surface area contributed by atoms with Crippen LogP contribution < -0.4 is 10.0 Å². The summed E-state index contributed by atoms with van der Waals surface area (Å²) in [4.78, 5) is 23.9. The first-order valence-corrected chi connectivity index (χ1v) is 10.7. The van der Waals surface area contributed by atoms with Crippen LogP contribution >= 0.6 is 0 Å². The second kappa shape index (κ2) is 9.67. The van der Waals surface area contributed by atoms with Crippen molar-refractivity contribution in [2.75, 3.05) is 18.5 Å². The Morgan fingerprint density at radius 1 is 0.966 bits per heavy atom. The molecule has 2 N–H and O–H groups in total. The van der Waals surface area contributed by atoms with E-state index in [1.807, 2.05) is 26.0 Å². The zero-order chi connectivity index (χ0) is 21.6. The van der Waals surface area contributed by atoms with Crippen LogP contribution in [0.15, 0.2) is 41.3 Å². The van der Waals surface area contributed by atoms with Gasteiger partial charge < -0.3 is 10.1 Å². The number of amides is 1. The molecular formula is C21H26N2O5S. The second-order valence-corrected chi connectivity index (χ2v) is 8.60. The topological polar surface area (TPSA) is 102 Å². The highest BCUT2D eigenvalue weighted by atomic mass is 32.2. The van der Waals surface area contributed by atoms with Crippen molar-refractivity contribution in [3.63, 3.8) is 0 Å². The summed E-state index contributed by atoms with van der Waals surface area (Å²) in [5, 5.41) is 2.66. The molecule has 8 heteroatoms. The average Bonchev–Trinajstić information content (AvgIpc) is 2.60. The minimum absolute atomic E-state index is 0.118. The Kier molecular flexibility index (Phi) is 7.53. The van der Waals surface area contributed by atoms with Crippen molar-refractivity contribution in [1.82, 2.24) is 4.72 Å². The second-order valence-electron chi connectivity index (χ2n) is 6.90. The van der Waals surface area contributed by atoms with E-state index in [1.165, 1.54) is 0 Å². The van der Waals surface area contributed by atoms with Crippen LogP contribution in [0.2, 0.25) is 0 Å². The first-order valence-electron chi connectivity index (χ1n) is 9.19. The molecule has 0 saturated heterocycles. The van der Waals surface area contributed by atoms with Crippen LogP contribution in [0.5, 0.6) is 0 Å². The van der Waals surface area contributed by atoms with Crippen molar-refractivity contribution < 1.29 is 22.7 Å². The minimum atomic E-state index is -3.75. The first kappa shape index (κ1) is 22.6. The molecule has 0 bridgehead atoms. The first-order chi connectivity index (χ1) is 13.6. The summed E-state index contributed by atoms with van der Waals surface area (Å²) < 4.78 is 32.4. The molecule has 2 aromatic rings. The van der Waals surface area contributed by atoms with Gasteiger partial charge in [0.25, 0.3) is 5.91 Å². The van der Waals surface area contributed by atoms with Gasteiger partial charge in [0.2, 0.25) is 10.0 Å². The smallest absolute Gasteiger partial charge is 0.307 e. The van der Waals surface area contributed by atoms with Gasteiger partial charge >= 0.3 is 5.97 Å². The van der Waals surface area contributed by atoms with E-state index in [1.54, 1.807) is 38.1 Å². The lowest BCUT2D eigenvalue weighted by molar-refractivity contribution is -0.147. The quantitative estimate of drug-likeness (QED) is 0.642. The van der Waals surface area contributed by atoms with Gasteiger partial charge in [0.1, 0.15) is 0 Å². The molecule has 0 aliphatic heterocycles. The van der Waals surface area contributed by atoms with Crippen LogP contribution in [0.1, 0.15) is 28.7 Å². The van der Waals surface area contributed by atoms with E-state index in [0.717, 1.165) is 11.1 Å². The molecule has 0 fully saturated rings. The van der Waals surface area contributed by atoms with E-state index in [-0.39, 0.29) is 17.9 Å². The summed E-state index contributed by atoms with van der Waals surface area (Å²) in [7, 11) is -3.75. The van der Waals surface area contributed by atoms with Gasteiger partial charge in [-0.3, -0.25) is 9.59 Å². The van der Waals surface area contributed by atoms with E-state index in [9.17, 15) is 18.0 Å². The molecule has 0 spiro atoms. The van der Waals surface area contributed by atoms with Crippen molar-refractivity contribution in [3.05, 3.63) is 58.7 Å². The largest absolute Gasteiger partial charge is 0.456 e. The van der Waals surface area contributed by atoms with E-state index in [4.69, 9.17) is 4.74 Å². The number of carbonyl (C=O) groups excluding carboxylic acids is 2. The Labute approximate surface area is 171 Å². The highest BCUT2D eigenvalue weighted by Gasteiger charge is 2.20. The van der Waals surface area contributed by atoms with Crippen molar-refractivity contribution in [2.45, 2.75) is 39.0 Å². The number of anilines is 1. The molecule has 0 saturated carbocycles. The van der Waals surface area contributed by atoms with Gasteiger partial charge in [-0.2, -0.15) is 0 Å². The molecule has 0 aliphatic rings. The molecule has 0 aromatic heterocycles. The van der Waals surface area contributed by atoms with E-state index in [0.29, 0.717) is 16.8 Å². The maximum Gasteiger partial charge on any atom is 0.307 e. The lowest BCUT2D eigenvalue weighted by atomic mass is 10.1. The van der Waals surface area contributed by atoms with E-state index < -0.39 is 28.5 Å². The van der Waals surface area contributed by atoms with Crippen molar-refractivity contribution in [3.8, 4) is 0 Å². The molecule has 7 nitrogen and oxygen atoms in total. The van der Waals surface area contributed by atoms with Crippen LogP contribution in [-0.2, 0) is 24.3 Å². The van der Waals surface area contributed by atoms with Crippen molar-refractivity contribution >= 4 is 27.6 Å². The van der Waals surface area contributed by atoms with Gasteiger partial charge in [0.15, 0.2) is 6.61 Å². The number of sulfonamides is 1. The van der Waals surface area contributed by atoms with Crippen LogP contribution in [-0.4, -0.2) is 33.4 Å². The maximum absolute atomic E-state index is 12.5. The number of rotatable bonds is 8. The third kappa shape index (κ3) is 6.40. The summed E-state index contributed by atoms with van der Waals surface area (Å²) in [6.07, 6.45) is -0.180.